The van der Waals surface area contributed by atoms with Gasteiger partial charge in [-0.25, -0.2) is 0 Å². The van der Waals surface area contributed by atoms with E-state index in [4.69, 9.17) is 4.98 Å². The van der Waals surface area contributed by atoms with Crippen molar-refractivity contribution in [2.75, 3.05) is 0 Å². The summed E-state index contributed by atoms with van der Waals surface area (Å²) in [6.45, 7) is 18.4. The summed E-state index contributed by atoms with van der Waals surface area (Å²) < 4.78 is 0. The van der Waals surface area contributed by atoms with E-state index >= 15 is 0 Å². The van der Waals surface area contributed by atoms with Gasteiger partial charge in [0.05, 0.1) is 11.8 Å². The van der Waals surface area contributed by atoms with Crippen LogP contribution in [0.1, 0.15) is 113 Å². The van der Waals surface area contributed by atoms with E-state index in [2.05, 4.69) is 27.7 Å². The molecule has 3 nitrogen and oxygen atoms in total. The summed E-state index contributed by atoms with van der Waals surface area (Å²) >= 11 is 0. The third kappa shape index (κ3) is 4.66. The second kappa shape index (κ2) is 9.93. The highest BCUT2D eigenvalue weighted by Gasteiger charge is 2.36. The van der Waals surface area contributed by atoms with Crippen LogP contribution in [-0.4, -0.2) is 16.4 Å². The number of aliphatic hydroxyl groups is 1. The first kappa shape index (κ1) is 22.8. The summed E-state index contributed by atoms with van der Waals surface area (Å²) in [6.07, 6.45) is 3.04. The van der Waals surface area contributed by atoms with Gasteiger partial charge < -0.3 is 5.11 Å². The lowest BCUT2D eigenvalue weighted by Gasteiger charge is -2.38. The first-order valence-electron chi connectivity index (χ1n) is 9.49. The van der Waals surface area contributed by atoms with Crippen molar-refractivity contribution in [3.63, 3.8) is 0 Å². The van der Waals surface area contributed by atoms with Crippen LogP contribution in [0.3, 0.4) is 0 Å². The average Bonchev–Trinajstić information content (AvgIpc) is 2.57. The predicted octanol–water partition coefficient (Wildman–Crippen LogP) is 5.77. The molecular formula is C21H37NO2. The number of carbonyl (C=O) groups excluding carboxylic acids is 1. The quantitative estimate of drug-likeness (QED) is 0.713. The predicted molar refractivity (Wildman–Crippen MR) is 103 cm³/mol. The molecule has 0 spiro atoms. The van der Waals surface area contributed by atoms with Crippen molar-refractivity contribution >= 4 is 6.29 Å². The van der Waals surface area contributed by atoms with Crippen LogP contribution in [0.5, 0.6) is 0 Å². The van der Waals surface area contributed by atoms with Gasteiger partial charge in [0, 0.05) is 16.8 Å². The number of rotatable bonds is 3. The molecule has 1 aromatic rings. The summed E-state index contributed by atoms with van der Waals surface area (Å²) in [5.41, 5.74) is 4.42. The highest BCUT2D eigenvalue weighted by Crippen LogP contribution is 2.44. The number of fused-ring (bicyclic) bond motifs is 1. The zero-order chi connectivity index (χ0) is 19.1. The molecule has 3 heteroatoms. The van der Waals surface area contributed by atoms with Crippen LogP contribution >= 0.6 is 0 Å². The maximum Gasteiger partial charge on any atom is 0.152 e. The van der Waals surface area contributed by atoms with Crippen molar-refractivity contribution in [3.8, 4) is 0 Å². The minimum absolute atomic E-state index is 0.100. The number of nitrogens with zero attached hydrogens (tertiary/aromatic N) is 1. The van der Waals surface area contributed by atoms with E-state index in [0.717, 1.165) is 48.1 Å². The number of aldehydes is 1. The lowest BCUT2D eigenvalue weighted by Crippen LogP contribution is -2.30. The van der Waals surface area contributed by atoms with E-state index < -0.39 is 6.10 Å². The third-order valence-corrected chi connectivity index (χ3v) is 4.78. The fourth-order valence-electron chi connectivity index (χ4n) is 3.30. The van der Waals surface area contributed by atoms with Gasteiger partial charge in [0.2, 0.25) is 0 Å². The summed E-state index contributed by atoms with van der Waals surface area (Å²) in [5, 5.41) is 10.5. The van der Waals surface area contributed by atoms with Crippen LogP contribution in [0.2, 0.25) is 0 Å². The highest BCUT2D eigenvalue weighted by atomic mass is 16.3. The van der Waals surface area contributed by atoms with E-state index in [1.165, 1.54) is 0 Å². The normalized spacial score (nSPS) is 21.9. The van der Waals surface area contributed by atoms with Gasteiger partial charge in [0.25, 0.3) is 0 Å². The molecule has 0 aliphatic heterocycles. The Balaban J connectivity index is 0.00000123. The van der Waals surface area contributed by atoms with Gasteiger partial charge in [0.1, 0.15) is 0 Å². The number of aromatic nitrogens is 1. The number of hydrogen-bond donors (Lipinski definition) is 1. The van der Waals surface area contributed by atoms with E-state index in [9.17, 15) is 9.90 Å². The molecule has 1 aromatic heterocycles. The molecule has 0 aromatic carbocycles. The molecule has 0 amide bonds. The summed E-state index contributed by atoms with van der Waals surface area (Å²) in [4.78, 5) is 16.2. The Labute approximate surface area is 148 Å². The van der Waals surface area contributed by atoms with E-state index in [-0.39, 0.29) is 11.3 Å². The van der Waals surface area contributed by atoms with E-state index in [1.807, 2.05) is 34.6 Å². The number of aliphatic hydroxyl groups excluding tert-OH is 1. The largest absolute Gasteiger partial charge is 0.388 e. The zero-order valence-corrected chi connectivity index (χ0v) is 17.2. The Morgan fingerprint density at radius 1 is 1.29 bits per heavy atom. The molecule has 24 heavy (non-hydrogen) atoms. The monoisotopic (exact) mass is 335 g/mol. The van der Waals surface area contributed by atoms with Crippen molar-refractivity contribution < 1.29 is 9.90 Å². The zero-order valence-electron chi connectivity index (χ0n) is 17.2. The van der Waals surface area contributed by atoms with Gasteiger partial charge in [-0.15, -0.1) is 0 Å². The molecule has 0 saturated heterocycles. The second-order valence-corrected chi connectivity index (χ2v) is 6.73. The van der Waals surface area contributed by atoms with Crippen molar-refractivity contribution in [2.45, 2.75) is 93.6 Å². The number of carbonyl (C=O) groups is 1. The molecule has 1 aliphatic rings. The second-order valence-electron chi connectivity index (χ2n) is 6.73. The van der Waals surface area contributed by atoms with Gasteiger partial charge in [-0.3, -0.25) is 9.78 Å². The molecule has 138 valence electrons. The maximum absolute atomic E-state index is 11.4. The fourth-order valence-corrected chi connectivity index (χ4v) is 3.30. The highest BCUT2D eigenvalue weighted by molar-refractivity contribution is 5.80. The Bertz CT molecular complexity index is 537. The molecule has 2 unspecified atom stereocenters. The first-order valence-corrected chi connectivity index (χ1v) is 9.49. The SMILES string of the molecule is CC.CC.CCC1(C)Cc2nc(C(C)C)c(C=O)c(C)c2C(O)C1. The Morgan fingerprint density at radius 3 is 2.25 bits per heavy atom. The molecule has 2 atom stereocenters. The summed E-state index contributed by atoms with van der Waals surface area (Å²) in [7, 11) is 0. The molecule has 1 aliphatic carbocycles. The van der Waals surface area contributed by atoms with Crippen molar-refractivity contribution in [1.82, 2.24) is 4.98 Å². The standard InChI is InChI=1S/C17H25NO2.2C2H6/c1-6-17(5)7-13-15(14(20)8-17)11(4)12(9-19)16(18-13)10(2)3;2*1-2/h9-10,14,20H,6-8H2,1-5H3;2*1-2H3. The van der Waals surface area contributed by atoms with Gasteiger partial charge in [-0.2, -0.15) is 0 Å². The molecule has 0 fully saturated rings. The summed E-state index contributed by atoms with van der Waals surface area (Å²) in [5.74, 6) is 0.214. The minimum Gasteiger partial charge on any atom is -0.388 e. The van der Waals surface area contributed by atoms with Gasteiger partial charge in [-0.05, 0) is 36.7 Å². The molecule has 2 rings (SSSR count). The van der Waals surface area contributed by atoms with Gasteiger partial charge in [0.15, 0.2) is 6.29 Å². The van der Waals surface area contributed by atoms with E-state index in [1.54, 1.807) is 0 Å². The first-order chi connectivity index (χ1) is 11.3. The van der Waals surface area contributed by atoms with Crippen LogP contribution in [0, 0.1) is 12.3 Å². The topological polar surface area (TPSA) is 50.2 Å². The van der Waals surface area contributed by atoms with Crippen LogP contribution in [0.15, 0.2) is 0 Å². The van der Waals surface area contributed by atoms with Crippen LogP contribution < -0.4 is 0 Å². The van der Waals surface area contributed by atoms with Crippen molar-refractivity contribution in [2.24, 2.45) is 5.41 Å². The Hall–Kier alpha value is -1.22. The minimum atomic E-state index is -0.504. The number of pyridine rings is 1. The van der Waals surface area contributed by atoms with Crippen LogP contribution in [0.25, 0.3) is 0 Å². The van der Waals surface area contributed by atoms with Crippen LogP contribution in [0.4, 0.5) is 0 Å². The fraction of sp³-hybridized carbons (Fsp3) is 0.714. The van der Waals surface area contributed by atoms with Crippen LogP contribution in [-0.2, 0) is 6.42 Å². The third-order valence-electron chi connectivity index (χ3n) is 4.78. The molecule has 1 heterocycles. The molecular weight excluding hydrogens is 298 g/mol. The van der Waals surface area contributed by atoms with E-state index in [0.29, 0.717) is 5.56 Å². The summed E-state index contributed by atoms with van der Waals surface area (Å²) in [6, 6.07) is 0. The van der Waals surface area contributed by atoms with Crippen molar-refractivity contribution in [3.05, 3.63) is 28.1 Å². The molecule has 1 N–H and O–H groups in total. The molecule has 0 radical (unpaired) electrons. The van der Waals surface area contributed by atoms with Gasteiger partial charge in [-0.1, -0.05) is 61.8 Å². The number of hydrogen-bond acceptors (Lipinski definition) is 3. The van der Waals surface area contributed by atoms with Gasteiger partial charge >= 0.3 is 0 Å². The average molecular weight is 336 g/mol. The lowest BCUT2D eigenvalue weighted by molar-refractivity contribution is 0.0854. The molecule has 0 saturated carbocycles. The Morgan fingerprint density at radius 2 is 1.83 bits per heavy atom. The Kier molecular flexibility index (Phi) is 9.42. The molecule has 0 bridgehead atoms. The maximum atomic E-state index is 11.4. The van der Waals surface area contributed by atoms with Crippen molar-refractivity contribution in [1.29, 1.82) is 0 Å². The smallest absolute Gasteiger partial charge is 0.152 e. The lowest BCUT2D eigenvalue weighted by atomic mass is 9.70.